The molecule has 2 aliphatic heterocycles. The minimum absolute atomic E-state index is 0.147. The first-order valence-corrected chi connectivity index (χ1v) is 7.77. The van der Waals surface area contributed by atoms with Crippen LogP contribution in [0.1, 0.15) is 39.1 Å². The lowest BCUT2D eigenvalue weighted by molar-refractivity contribution is -0.134. The summed E-state index contributed by atoms with van der Waals surface area (Å²) in [6, 6.07) is 4.20. The average molecular weight is 330 g/mol. The highest BCUT2D eigenvalue weighted by Gasteiger charge is 2.32. The molecule has 0 saturated carbocycles. The molecule has 0 radical (unpaired) electrons. The molecular formula is C16H18N4O4. The zero-order chi connectivity index (χ0) is 17.3. The van der Waals surface area contributed by atoms with Gasteiger partial charge in [-0.25, -0.2) is 0 Å². The van der Waals surface area contributed by atoms with Gasteiger partial charge in [-0.3, -0.25) is 24.5 Å². The van der Waals surface area contributed by atoms with E-state index in [-0.39, 0.29) is 24.7 Å². The third-order valence-corrected chi connectivity index (χ3v) is 4.23. The van der Waals surface area contributed by atoms with E-state index in [0.717, 1.165) is 0 Å². The molecule has 4 amide bonds. The van der Waals surface area contributed by atoms with Crippen molar-refractivity contribution >= 4 is 23.6 Å². The van der Waals surface area contributed by atoms with Crippen molar-refractivity contribution in [1.82, 2.24) is 15.5 Å². The Kier molecular flexibility index (Phi) is 4.30. The largest absolute Gasteiger partial charge is 0.340 e. The smallest absolute Gasteiger partial charge is 0.254 e. The van der Waals surface area contributed by atoms with Crippen LogP contribution in [-0.2, 0) is 16.1 Å². The van der Waals surface area contributed by atoms with E-state index in [0.29, 0.717) is 36.3 Å². The number of nitrogens with zero attached hydrogens (tertiary/aromatic N) is 1. The maximum Gasteiger partial charge on any atom is 0.254 e. The van der Waals surface area contributed by atoms with Crippen molar-refractivity contribution < 1.29 is 19.2 Å². The van der Waals surface area contributed by atoms with Crippen molar-refractivity contribution in [3.8, 4) is 0 Å². The topological polar surface area (TPSA) is 122 Å². The Bertz CT molecular complexity index is 731. The van der Waals surface area contributed by atoms with E-state index in [4.69, 9.17) is 5.73 Å². The molecule has 8 heteroatoms. The molecule has 1 saturated heterocycles. The number of imide groups is 1. The number of rotatable bonds is 4. The van der Waals surface area contributed by atoms with Crippen molar-refractivity contribution in [2.75, 3.05) is 13.1 Å². The summed E-state index contributed by atoms with van der Waals surface area (Å²) in [7, 11) is 0. The van der Waals surface area contributed by atoms with Crippen LogP contribution in [0.2, 0.25) is 0 Å². The zero-order valence-corrected chi connectivity index (χ0v) is 13.0. The number of amides is 4. The maximum atomic E-state index is 12.5. The van der Waals surface area contributed by atoms with Gasteiger partial charge >= 0.3 is 0 Å². The molecule has 24 heavy (non-hydrogen) atoms. The van der Waals surface area contributed by atoms with E-state index in [1.807, 2.05) is 0 Å². The Labute approximate surface area is 138 Å². The number of hydrogen-bond donors (Lipinski definition) is 3. The molecular weight excluding hydrogens is 312 g/mol. The van der Waals surface area contributed by atoms with Gasteiger partial charge in [-0.15, -0.1) is 0 Å². The van der Waals surface area contributed by atoms with Crippen molar-refractivity contribution in [3.63, 3.8) is 0 Å². The molecule has 0 bridgehead atoms. The van der Waals surface area contributed by atoms with Crippen molar-refractivity contribution in [1.29, 1.82) is 0 Å². The molecule has 1 fully saturated rings. The Morgan fingerprint density at radius 1 is 1.33 bits per heavy atom. The summed E-state index contributed by atoms with van der Waals surface area (Å²) < 4.78 is 0. The monoisotopic (exact) mass is 330 g/mol. The summed E-state index contributed by atoms with van der Waals surface area (Å²) in [5, 5.41) is 4.84. The molecule has 0 aliphatic carbocycles. The number of piperidine rings is 1. The molecule has 4 N–H and O–H groups in total. The van der Waals surface area contributed by atoms with E-state index in [9.17, 15) is 19.2 Å². The number of hydrogen-bond acceptors (Lipinski definition) is 5. The lowest BCUT2D eigenvalue weighted by Gasteiger charge is -2.22. The standard InChI is InChI=1S/C16H18N4O4/c17-6-7-20-8-11-9(2-1-3-10(11)16(20)24)14(22)18-12-4-5-13(21)19-15(12)23/h1-3,12H,4-8,17H2,(H,18,22)(H,19,21,23). The minimum atomic E-state index is -0.747. The predicted octanol–water partition coefficient (Wildman–Crippen LogP) is -0.864. The predicted molar refractivity (Wildman–Crippen MR) is 83.9 cm³/mol. The molecule has 2 aliphatic rings. The lowest BCUT2D eigenvalue weighted by atomic mass is 10.0. The number of carbonyl (C=O) groups excluding carboxylic acids is 4. The highest BCUT2D eigenvalue weighted by Crippen LogP contribution is 2.26. The van der Waals surface area contributed by atoms with E-state index in [2.05, 4.69) is 10.6 Å². The van der Waals surface area contributed by atoms with E-state index in [1.54, 1.807) is 23.1 Å². The number of nitrogens with two attached hydrogens (primary N) is 1. The SMILES string of the molecule is NCCN1Cc2c(C(=O)NC3CCC(=O)NC3=O)cccc2C1=O. The first-order valence-electron chi connectivity index (χ1n) is 7.77. The van der Waals surface area contributed by atoms with Crippen LogP contribution >= 0.6 is 0 Å². The maximum absolute atomic E-state index is 12.5. The van der Waals surface area contributed by atoms with Gasteiger partial charge in [0, 0.05) is 37.2 Å². The Morgan fingerprint density at radius 3 is 2.83 bits per heavy atom. The molecule has 1 unspecified atom stereocenters. The highest BCUT2D eigenvalue weighted by atomic mass is 16.2. The molecule has 1 aromatic rings. The zero-order valence-electron chi connectivity index (χ0n) is 13.0. The van der Waals surface area contributed by atoms with Gasteiger partial charge in [0.05, 0.1) is 0 Å². The van der Waals surface area contributed by atoms with Crippen LogP contribution in [0.25, 0.3) is 0 Å². The van der Waals surface area contributed by atoms with Crippen LogP contribution in [0.5, 0.6) is 0 Å². The van der Waals surface area contributed by atoms with Gasteiger partial charge in [0.15, 0.2) is 0 Å². The molecule has 3 rings (SSSR count). The summed E-state index contributed by atoms with van der Waals surface area (Å²) >= 11 is 0. The van der Waals surface area contributed by atoms with Gasteiger partial charge < -0.3 is 16.0 Å². The molecule has 2 heterocycles. The number of carbonyl (C=O) groups is 4. The number of nitrogens with one attached hydrogen (secondary N) is 2. The Hall–Kier alpha value is -2.74. The minimum Gasteiger partial charge on any atom is -0.340 e. The Balaban J connectivity index is 1.79. The fourth-order valence-corrected chi connectivity index (χ4v) is 3.01. The first kappa shape index (κ1) is 16.1. The fourth-order valence-electron chi connectivity index (χ4n) is 3.01. The number of fused-ring (bicyclic) bond motifs is 1. The second-order valence-electron chi connectivity index (χ2n) is 5.82. The first-order chi connectivity index (χ1) is 11.5. The van der Waals surface area contributed by atoms with Crippen LogP contribution in [0, 0.1) is 0 Å². The van der Waals surface area contributed by atoms with Gasteiger partial charge in [-0.05, 0) is 24.1 Å². The van der Waals surface area contributed by atoms with Crippen LogP contribution < -0.4 is 16.4 Å². The summed E-state index contributed by atoms with van der Waals surface area (Å²) in [5.41, 5.74) is 7.00. The molecule has 0 spiro atoms. The second kappa shape index (κ2) is 6.40. The number of benzene rings is 1. The van der Waals surface area contributed by atoms with E-state index < -0.39 is 17.9 Å². The summed E-state index contributed by atoms with van der Waals surface area (Å²) in [6.45, 7) is 1.09. The molecule has 1 aromatic carbocycles. The summed E-state index contributed by atoms with van der Waals surface area (Å²) in [5.74, 6) is -1.42. The van der Waals surface area contributed by atoms with Crippen molar-refractivity contribution in [2.24, 2.45) is 5.73 Å². The van der Waals surface area contributed by atoms with Gasteiger partial charge in [-0.1, -0.05) is 6.07 Å². The van der Waals surface area contributed by atoms with Crippen LogP contribution in [0.15, 0.2) is 18.2 Å². The summed E-state index contributed by atoms with van der Waals surface area (Å²) in [4.78, 5) is 49.3. The molecule has 8 nitrogen and oxygen atoms in total. The fraction of sp³-hybridized carbons (Fsp3) is 0.375. The van der Waals surface area contributed by atoms with Crippen molar-refractivity contribution in [2.45, 2.75) is 25.4 Å². The quantitative estimate of drug-likeness (QED) is 0.620. The van der Waals surface area contributed by atoms with Crippen LogP contribution in [0.3, 0.4) is 0 Å². The Morgan fingerprint density at radius 2 is 2.12 bits per heavy atom. The van der Waals surface area contributed by atoms with E-state index >= 15 is 0 Å². The van der Waals surface area contributed by atoms with Gasteiger partial charge in [0.1, 0.15) is 6.04 Å². The van der Waals surface area contributed by atoms with Crippen LogP contribution in [0.4, 0.5) is 0 Å². The van der Waals surface area contributed by atoms with Crippen molar-refractivity contribution in [3.05, 3.63) is 34.9 Å². The van der Waals surface area contributed by atoms with Gasteiger partial charge in [-0.2, -0.15) is 0 Å². The summed E-state index contributed by atoms with van der Waals surface area (Å²) in [6.07, 6.45) is 0.454. The molecule has 0 aromatic heterocycles. The molecule has 126 valence electrons. The third kappa shape index (κ3) is 2.88. The third-order valence-electron chi connectivity index (χ3n) is 4.23. The average Bonchev–Trinajstić information content (AvgIpc) is 2.87. The normalized spacial score (nSPS) is 20.0. The van der Waals surface area contributed by atoms with E-state index in [1.165, 1.54) is 0 Å². The highest BCUT2D eigenvalue weighted by molar-refractivity contribution is 6.07. The van der Waals surface area contributed by atoms with Gasteiger partial charge in [0.25, 0.3) is 11.8 Å². The van der Waals surface area contributed by atoms with Gasteiger partial charge in [0.2, 0.25) is 11.8 Å². The second-order valence-corrected chi connectivity index (χ2v) is 5.82. The lowest BCUT2D eigenvalue weighted by Crippen LogP contribution is -2.52. The molecule has 1 atom stereocenters. The van der Waals surface area contributed by atoms with Crippen LogP contribution in [-0.4, -0.2) is 47.7 Å².